The summed E-state index contributed by atoms with van der Waals surface area (Å²) in [4.78, 5) is 27.4. The van der Waals surface area contributed by atoms with Gasteiger partial charge in [0.05, 0.1) is 21.3 Å². The van der Waals surface area contributed by atoms with Crippen LogP contribution < -0.4 is 4.90 Å². The third kappa shape index (κ3) is 3.32. The van der Waals surface area contributed by atoms with Crippen molar-refractivity contribution >= 4 is 45.0 Å². The van der Waals surface area contributed by atoms with E-state index in [-0.39, 0.29) is 5.91 Å². The second-order valence-corrected chi connectivity index (χ2v) is 8.54. The first kappa shape index (κ1) is 19.0. The minimum Gasteiger partial charge on any atom is -0.337 e. The fourth-order valence-electron chi connectivity index (χ4n) is 3.66. The molecule has 5 rings (SSSR count). The first-order chi connectivity index (χ1) is 14.6. The van der Waals surface area contributed by atoms with Crippen LogP contribution in [0.1, 0.15) is 15.4 Å². The van der Waals surface area contributed by atoms with Gasteiger partial charge in [-0.25, -0.2) is 14.6 Å². The van der Waals surface area contributed by atoms with Crippen LogP contribution in [-0.4, -0.2) is 56.7 Å². The van der Waals surface area contributed by atoms with Crippen LogP contribution in [0.3, 0.4) is 0 Å². The summed E-state index contributed by atoms with van der Waals surface area (Å²) in [6.07, 6.45) is 3.48. The molecule has 0 saturated carbocycles. The summed E-state index contributed by atoms with van der Waals surface area (Å²) < 4.78 is 1.83. The van der Waals surface area contributed by atoms with Crippen LogP contribution in [0.5, 0.6) is 0 Å². The lowest BCUT2D eigenvalue weighted by Gasteiger charge is -2.34. The number of halogens is 1. The minimum atomic E-state index is 0.0509. The standard InChI is InChI=1S/C21H19ClN6OS/c1-14-15-13-18(30-20(15)28(25-14)17-6-3-2-5-16(17)22)19(29)26-9-11-27(12-10-26)21-23-7-4-8-24-21/h2-8,13H,9-12H2,1H3. The molecule has 9 heteroatoms. The molecule has 1 aromatic carbocycles. The molecule has 4 heterocycles. The van der Waals surface area contributed by atoms with Crippen LogP contribution in [0.4, 0.5) is 5.95 Å². The van der Waals surface area contributed by atoms with E-state index >= 15 is 0 Å². The maximum absolute atomic E-state index is 13.2. The number of thiophene rings is 1. The predicted octanol–water partition coefficient (Wildman–Crippen LogP) is 3.80. The molecule has 0 spiro atoms. The van der Waals surface area contributed by atoms with E-state index in [1.54, 1.807) is 18.5 Å². The number of amides is 1. The summed E-state index contributed by atoms with van der Waals surface area (Å²) in [6, 6.07) is 11.3. The van der Waals surface area contributed by atoms with E-state index < -0.39 is 0 Å². The summed E-state index contributed by atoms with van der Waals surface area (Å²) in [7, 11) is 0. The fraction of sp³-hybridized carbons (Fsp3) is 0.238. The Labute approximate surface area is 182 Å². The number of fused-ring (bicyclic) bond motifs is 1. The summed E-state index contributed by atoms with van der Waals surface area (Å²) in [5.41, 5.74) is 1.70. The highest BCUT2D eigenvalue weighted by Crippen LogP contribution is 2.33. The van der Waals surface area contributed by atoms with Gasteiger partial charge in [0.25, 0.3) is 5.91 Å². The zero-order valence-electron chi connectivity index (χ0n) is 16.3. The molecule has 0 aliphatic carbocycles. The molecule has 4 aromatic rings. The number of piperazine rings is 1. The van der Waals surface area contributed by atoms with Crippen molar-refractivity contribution in [2.45, 2.75) is 6.92 Å². The zero-order chi connectivity index (χ0) is 20.7. The Morgan fingerprint density at radius 2 is 1.80 bits per heavy atom. The smallest absolute Gasteiger partial charge is 0.264 e. The van der Waals surface area contributed by atoms with Gasteiger partial charge >= 0.3 is 0 Å². The molecule has 0 unspecified atom stereocenters. The molecule has 7 nitrogen and oxygen atoms in total. The van der Waals surface area contributed by atoms with E-state index in [1.165, 1.54) is 11.3 Å². The third-order valence-electron chi connectivity index (χ3n) is 5.24. The monoisotopic (exact) mass is 438 g/mol. The quantitative estimate of drug-likeness (QED) is 0.486. The highest BCUT2D eigenvalue weighted by atomic mass is 35.5. The molecule has 1 amide bonds. The maximum atomic E-state index is 13.2. The topological polar surface area (TPSA) is 67.2 Å². The van der Waals surface area contributed by atoms with Crippen LogP contribution in [0.15, 0.2) is 48.8 Å². The number of rotatable bonds is 3. The number of para-hydroxylation sites is 1. The average molecular weight is 439 g/mol. The number of nitrogens with zero attached hydrogens (tertiary/aromatic N) is 6. The normalized spacial score (nSPS) is 14.5. The number of carbonyl (C=O) groups is 1. The maximum Gasteiger partial charge on any atom is 0.264 e. The summed E-state index contributed by atoms with van der Waals surface area (Å²) in [6.45, 7) is 4.66. The lowest BCUT2D eigenvalue weighted by atomic mass is 10.2. The van der Waals surface area contributed by atoms with Gasteiger partial charge in [0.1, 0.15) is 4.83 Å². The number of aromatic nitrogens is 4. The SMILES string of the molecule is Cc1nn(-c2ccccc2Cl)c2sc(C(=O)N3CCN(c4ncccn4)CC3)cc12. The number of carbonyl (C=O) groups excluding carboxylic acids is 1. The van der Waals surface area contributed by atoms with Crippen LogP contribution in [0.25, 0.3) is 15.9 Å². The third-order valence-corrected chi connectivity index (χ3v) is 6.66. The van der Waals surface area contributed by atoms with Gasteiger partial charge in [0.15, 0.2) is 0 Å². The van der Waals surface area contributed by atoms with E-state index in [9.17, 15) is 4.79 Å². The zero-order valence-corrected chi connectivity index (χ0v) is 17.9. The van der Waals surface area contributed by atoms with Gasteiger partial charge in [0, 0.05) is 44.0 Å². The summed E-state index contributed by atoms with van der Waals surface area (Å²) in [5.74, 6) is 0.761. The molecule has 3 aromatic heterocycles. The molecule has 1 fully saturated rings. The minimum absolute atomic E-state index is 0.0509. The molecular weight excluding hydrogens is 420 g/mol. The van der Waals surface area contributed by atoms with Crippen molar-refractivity contribution < 1.29 is 4.79 Å². The van der Waals surface area contributed by atoms with Crippen molar-refractivity contribution in [1.82, 2.24) is 24.6 Å². The number of benzene rings is 1. The highest BCUT2D eigenvalue weighted by Gasteiger charge is 2.26. The molecule has 1 aliphatic rings. The Hall–Kier alpha value is -2.97. The van der Waals surface area contributed by atoms with Gasteiger partial charge in [-0.05, 0) is 31.2 Å². The van der Waals surface area contributed by atoms with Crippen LogP contribution in [0, 0.1) is 6.92 Å². The first-order valence-corrected chi connectivity index (χ1v) is 10.9. The second kappa shape index (κ2) is 7.70. The Balaban J connectivity index is 1.39. The highest BCUT2D eigenvalue weighted by molar-refractivity contribution is 7.20. The molecule has 1 aliphatic heterocycles. The van der Waals surface area contributed by atoms with Crippen molar-refractivity contribution in [3.63, 3.8) is 0 Å². The molecule has 0 N–H and O–H groups in total. The molecular formula is C21H19ClN6OS. The number of hydrogen-bond acceptors (Lipinski definition) is 6. The van der Waals surface area contributed by atoms with E-state index in [0.717, 1.165) is 26.5 Å². The van der Waals surface area contributed by atoms with Crippen molar-refractivity contribution in [2.24, 2.45) is 0 Å². The van der Waals surface area contributed by atoms with Gasteiger partial charge in [-0.1, -0.05) is 23.7 Å². The van der Waals surface area contributed by atoms with E-state index in [4.69, 9.17) is 11.6 Å². The Bertz CT molecular complexity index is 1210. The van der Waals surface area contributed by atoms with Crippen molar-refractivity contribution in [1.29, 1.82) is 0 Å². The van der Waals surface area contributed by atoms with Gasteiger partial charge in [0.2, 0.25) is 5.95 Å². The lowest BCUT2D eigenvalue weighted by molar-refractivity contribution is 0.0751. The van der Waals surface area contributed by atoms with Crippen LogP contribution >= 0.6 is 22.9 Å². The van der Waals surface area contributed by atoms with Crippen molar-refractivity contribution in [2.75, 3.05) is 31.1 Å². The largest absolute Gasteiger partial charge is 0.337 e. The average Bonchev–Trinajstić information content (AvgIpc) is 3.35. The molecule has 0 radical (unpaired) electrons. The first-order valence-electron chi connectivity index (χ1n) is 9.67. The van der Waals surface area contributed by atoms with Gasteiger partial charge in [-0.15, -0.1) is 11.3 Å². The molecule has 0 atom stereocenters. The number of anilines is 1. The van der Waals surface area contributed by atoms with E-state index in [0.29, 0.717) is 37.1 Å². The van der Waals surface area contributed by atoms with Crippen molar-refractivity contribution in [3.8, 4) is 5.69 Å². The Kier molecular flexibility index (Phi) is 4.88. The Morgan fingerprint density at radius 1 is 1.07 bits per heavy atom. The molecule has 30 heavy (non-hydrogen) atoms. The van der Waals surface area contributed by atoms with Gasteiger partial charge < -0.3 is 9.80 Å². The molecule has 152 valence electrons. The van der Waals surface area contributed by atoms with Gasteiger partial charge in [-0.3, -0.25) is 4.79 Å². The van der Waals surface area contributed by atoms with E-state index in [2.05, 4.69) is 20.0 Å². The molecule has 0 bridgehead atoms. The van der Waals surface area contributed by atoms with E-state index in [1.807, 2.05) is 46.8 Å². The summed E-state index contributed by atoms with van der Waals surface area (Å²) >= 11 is 7.84. The lowest BCUT2D eigenvalue weighted by Crippen LogP contribution is -2.49. The number of aryl methyl sites for hydroxylation is 1. The van der Waals surface area contributed by atoms with Crippen LogP contribution in [-0.2, 0) is 0 Å². The number of hydrogen-bond donors (Lipinski definition) is 0. The molecule has 1 saturated heterocycles. The predicted molar refractivity (Wildman–Crippen MR) is 119 cm³/mol. The second-order valence-electron chi connectivity index (χ2n) is 7.11. The van der Waals surface area contributed by atoms with Crippen molar-refractivity contribution in [3.05, 3.63) is 64.4 Å². The Morgan fingerprint density at radius 3 is 2.53 bits per heavy atom. The van der Waals surface area contributed by atoms with Crippen LogP contribution in [0.2, 0.25) is 5.02 Å². The fourth-order valence-corrected chi connectivity index (χ4v) is 5.02. The summed E-state index contributed by atoms with van der Waals surface area (Å²) in [5, 5.41) is 6.25. The van der Waals surface area contributed by atoms with Gasteiger partial charge in [-0.2, -0.15) is 5.10 Å².